The Morgan fingerprint density at radius 2 is 1.92 bits per heavy atom. The van der Waals surface area contributed by atoms with Gasteiger partial charge in [-0.05, 0) is 36.8 Å². The third-order valence-corrected chi connectivity index (χ3v) is 3.90. The minimum atomic E-state index is -0.488. The Hall–Kier alpha value is -3.42. The molecule has 0 saturated carbocycles. The van der Waals surface area contributed by atoms with E-state index < -0.39 is 5.97 Å². The monoisotopic (exact) mass is 353 g/mol. The summed E-state index contributed by atoms with van der Waals surface area (Å²) in [5.74, 6) is 0.329. The largest absolute Gasteiger partial charge is 0.480 e. The summed E-state index contributed by atoms with van der Waals surface area (Å²) < 4.78 is 11.6. The number of aromatic nitrogens is 4. The smallest absolute Gasteiger partial charge is 0.343 e. The van der Waals surface area contributed by atoms with Crippen molar-refractivity contribution in [1.82, 2.24) is 19.7 Å². The SMILES string of the molecule is COC(=O)c1ccc(NC(C)c2ccc(-n3cncn3)cc2)nc1OC. The molecule has 8 nitrogen and oxygen atoms in total. The molecule has 0 aliphatic rings. The summed E-state index contributed by atoms with van der Waals surface area (Å²) >= 11 is 0. The van der Waals surface area contributed by atoms with Gasteiger partial charge in [-0.3, -0.25) is 0 Å². The molecule has 1 atom stereocenters. The van der Waals surface area contributed by atoms with Gasteiger partial charge < -0.3 is 14.8 Å². The molecule has 0 amide bonds. The third kappa shape index (κ3) is 3.64. The van der Waals surface area contributed by atoms with Crippen molar-refractivity contribution in [2.75, 3.05) is 19.5 Å². The van der Waals surface area contributed by atoms with Gasteiger partial charge in [-0.2, -0.15) is 10.1 Å². The van der Waals surface area contributed by atoms with E-state index in [-0.39, 0.29) is 17.5 Å². The highest BCUT2D eigenvalue weighted by atomic mass is 16.5. The first-order valence-corrected chi connectivity index (χ1v) is 7.97. The van der Waals surface area contributed by atoms with Crippen molar-refractivity contribution in [2.45, 2.75) is 13.0 Å². The molecule has 1 aromatic carbocycles. The topological polar surface area (TPSA) is 91.2 Å². The van der Waals surface area contributed by atoms with E-state index in [1.807, 2.05) is 31.2 Å². The Bertz CT molecular complexity index is 878. The van der Waals surface area contributed by atoms with Crippen molar-refractivity contribution in [3.8, 4) is 11.6 Å². The Morgan fingerprint density at radius 1 is 1.15 bits per heavy atom. The molecule has 3 rings (SSSR count). The second-order valence-electron chi connectivity index (χ2n) is 5.54. The summed E-state index contributed by atoms with van der Waals surface area (Å²) in [6.45, 7) is 2.02. The van der Waals surface area contributed by atoms with Crippen molar-refractivity contribution >= 4 is 11.8 Å². The van der Waals surface area contributed by atoms with E-state index in [9.17, 15) is 4.79 Å². The van der Waals surface area contributed by atoms with E-state index in [0.717, 1.165) is 11.3 Å². The summed E-state index contributed by atoms with van der Waals surface area (Å²) in [6.07, 6.45) is 3.14. The summed E-state index contributed by atoms with van der Waals surface area (Å²) in [5.41, 5.74) is 2.29. The molecular weight excluding hydrogens is 334 g/mol. The van der Waals surface area contributed by atoms with Crippen molar-refractivity contribution in [3.05, 3.63) is 60.2 Å². The van der Waals surface area contributed by atoms with E-state index in [2.05, 4.69) is 20.4 Å². The van der Waals surface area contributed by atoms with E-state index >= 15 is 0 Å². The number of hydrogen-bond donors (Lipinski definition) is 1. The van der Waals surface area contributed by atoms with Gasteiger partial charge in [-0.25, -0.2) is 14.5 Å². The first-order valence-electron chi connectivity index (χ1n) is 7.97. The summed E-state index contributed by atoms with van der Waals surface area (Å²) in [5, 5.41) is 7.40. The lowest BCUT2D eigenvalue weighted by atomic mass is 10.1. The highest BCUT2D eigenvalue weighted by molar-refractivity contribution is 5.92. The van der Waals surface area contributed by atoms with Gasteiger partial charge in [-0.15, -0.1) is 0 Å². The highest BCUT2D eigenvalue weighted by Gasteiger charge is 2.15. The molecule has 0 spiro atoms. The Balaban J connectivity index is 1.75. The quantitative estimate of drug-likeness (QED) is 0.681. The standard InChI is InChI=1S/C18H19N5O3/c1-12(13-4-6-14(7-5-13)23-11-19-10-20-23)21-16-9-8-15(18(24)26-3)17(22-16)25-2/h4-12H,1-3H3,(H,21,22). The molecule has 0 radical (unpaired) electrons. The third-order valence-electron chi connectivity index (χ3n) is 3.90. The van der Waals surface area contributed by atoms with Crippen LogP contribution in [0.4, 0.5) is 5.82 Å². The number of pyridine rings is 1. The molecule has 0 aliphatic heterocycles. The van der Waals surface area contributed by atoms with Crippen molar-refractivity contribution in [1.29, 1.82) is 0 Å². The number of nitrogens with one attached hydrogen (secondary N) is 1. The number of rotatable bonds is 6. The van der Waals surface area contributed by atoms with Crippen LogP contribution in [0, 0.1) is 0 Å². The lowest BCUT2D eigenvalue weighted by Crippen LogP contribution is -2.11. The van der Waals surface area contributed by atoms with Crippen LogP contribution in [0.5, 0.6) is 5.88 Å². The maximum Gasteiger partial charge on any atom is 0.343 e. The second kappa shape index (κ2) is 7.64. The molecule has 0 aliphatic carbocycles. The fraction of sp³-hybridized carbons (Fsp3) is 0.222. The van der Waals surface area contributed by atoms with E-state index in [1.54, 1.807) is 23.1 Å². The Morgan fingerprint density at radius 3 is 2.54 bits per heavy atom. The van der Waals surface area contributed by atoms with Gasteiger partial charge in [0.05, 0.1) is 19.9 Å². The van der Waals surface area contributed by atoms with Crippen LogP contribution in [-0.4, -0.2) is 39.9 Å². The Labute approximate surface area is 150 Å². The van der Waals surface area contributed by atoms with Crippen molar-refractivity contribution in [3.63, 3.8) is 0 Å². The maximum absolute atomic E-state index is 11.7. The van der Waals surface area contributed by atoms with Crippen molar-refractivity contribution < 1.29 is 14.3 Å². The van der Waals surface area contributed by atoms with Crippen molar-refractivity contribution in [2.24, 2.45) is 0 Å². The molecule has 1 N–H and O–H groups in total. The fourth-order valence-corrected chi connectivity index (χ4v) is 2.50. The highest BCUT2D eigenvalue weighted by Crippen LogP contribution is 2.23. The van der Waals surface area contributed by atoms with Crippen LogP contribution < -0.4 is 10.1 Å². The number of nitrogens with zero attached hydrogens (tertiary/aromatic N) is 4. The van der Waals surface area contributed by atoms with Gasteiger partial charge in [0.15, 0.2) is 0 Å². The molecule has 2 heterocycles. The molecular formula is C18H19N5O3. The van der Waals surface area contributed by atoms with Crippen LogP contribution in [0.1, 0.15) is 28.9 Å². The molecule has 0 fully saturated rings. The van der Waals surface area contributed by atoms with Gasteiger partial charge in [0, 0.05) is 6.04 Å². The normalized spacial score (nSPS) is 11.7. The van der Waals surface area contributed by atoms with Crippen LogP contribution in [0.15, 0.2) is 49.1 Å². The summed E-state index contributed by atoms with van der Waals surface area (Å²) in [7, 11) is 2.78. The first kappa shape index (κ1) is 17.4. The van der Waals surface area contributed by atoms with Gasteiger partial charge in [0.2, 0.25) is 5.88 Å². The zero-order valence-electron chi connectivity index (χ0n) is 14.7. The average Bonchev–Trinajstić information content (AvgIpc) is 3.22. The number of methoxy groups -OCH3 is 2. The van der Waals surface area contributed by atoms with Crippen LogP contribution in [0.25, 0.3) is 5.69 Å². The van der Waals surface area contributed by atoms with Gasteiger partial charge in [0.1, 0.15) is 24.0 Å². The van der Waals surface area contributed by atoms with Gasteiger partial charge in [-0.1, -0.05) is 12.1 Å². The number of benzene rings is 1. The van der Waals surface area contributed by atoms with Crippen LogP contribution in [-0.2, 0) is 4.74 Å². The maximum atomic E-state index is 11.7. The van der Waals surface area contributed by atoms with E-state index in [1.165, 1.54) is 20.5 Å². The predicted molar refractivity (Wildman–Crippen MR) is 95.5 cm³/mol. The lowest BCUT2D eigenvalue weighted by molar-refractivity contribution is 0.0596. The zero-order chi connectivity index (χ0) is 18.5. The molecule has 0 bridgehead atoms. The number of esters is 1. The number of ether oxygens (including phenoxy) is 2. The molecule has 3 aromatic rings. The number of anilines is 1. The van der Waals surface area contributed by atoms with Crippen LogP contribution in [0.2, 0.25) is 0 Å². The fourth-order valence-electron chi connectivity index (χ4n) is 2.50. The molecule has 2 aromatic heterocycles. The Kier molecular flexibility index (Phi) is 5.12. The average molecular weight is 353 g/mol. The van der Waals surface area contributed by atoms with E-state index in [0.29, 0.717) is 5.82 Å². The second-order valence-corrected chi connectivity index (χ2v) is 5.54. The molecule has 1 unspecified atom stereocenters. The molecule has 0 saturated heterocycles. The number of carbonyl (C=O) groups excluding carboxylic acids is 1. The van der Waals surface area contributed by atoms with E-state index in [4.69, 9.17) is 9.47 Å². The molecule has 134 valence electrons. The lowest BCUT2D eigenvalue weighted by Gasteiger charge is -2.16. The molecule has 26 heavy (non-hydrogen) atoms. The van der Waals surface area contributed by atoms with Crippen LogP contribution in [0.3, 0.4) is 0 Å². The van der Waals surface area contributed by atoms with Crippen LogP contribution >= 0.6 is 0 Å². The predicted octanol–water partition coefficient (Wildman–Crippen LogP) is 2.63. The minimum Gasteiger partial charge on any atom is -0.480 e. The number of carbonyl (C=O) groups is 1. The first-order chi connectivity index (χ1) is 12.6. The zero-order valence-corrected chi connectivity index (χ0v) is 14.7. The minimum absolute atomic E-state index is 0.000907. The van der Waals surface area contributed by atoms with Gasteiger partial charge >= 0.3 is 5.97 Å². The molecule has 8 heteroatoms. The van der Waals surface area contributed by atoms with Gasteiger partial charge in [0.25, 0.3) is 0 Å². The number of hydrogen-bond acceptors (Lipinski definition) is 7. The summed E-state index contributed by atoms with van der Waals surface area (Å²) in [4.78, 5) is 20.0. The summed E-state index contributed by atoms with van der Waals surface area (Å²) in [6, 6.07) is 11.3.